The molecule has 5 heteroatoms. The second-order valence-electron chi connectivity index (χ2n) is 3.00. The van der Waals surface area contributed by atoms with E-state index in [1.807, 2.05) is 0 Å². The van der Waals surface area contributed by atoms with E-state index in [-0.39, 0.29) is 11.4 Å². The molecule has 74 valence electrons. The Balaban J connectivity index is 2.89. The average molecular weight is 202 g/mol. The van der Waals surface area contributed by atoms with Crippen molar-refractivity contribution in [3.63, 3.8) is 0 Å². The molecule has 0 N–H and O–H groups in total. The molecule has 0 spiro atoms. The first-order valence-corrected chi connectivity index (χ1v) is 4.23. The van der Waals surface area contributed by atoms with Crippen LogP contribution in [0.25, 0.3) is 10.8 Å². The van der Waals surface area contributed by atoms with Crippen molar-refractivity contribution in [1.82, 2.24) is 0 Å². The van der Waals surface area contributed by atoms with Gasteiger partial charge in [-0.05, 0) is 17.3 Å². The Morgan fingerprint density at radius 1 is 1.07 bits per heavy atom. The number of hydrogen-bond donors (Lipinski definition) is 0. The standard InChI is InChI=1S/C10H6N2O3/c13-11-9-5-6-10(12(14)15)8-4-2-1-3-7(8)9/h1-6H. The van der Waals surface area contributed by atoms with Gasteiger partial charge >= 0.3 is 0 Å². The second-order valence-corrected chi connectivity index (χ2v) is 3.00. The molecule has 15 heavy (non-hydrogen) atoms. The van der Waals surface area contributed by atoms with Gasteiger partial charge in [0.25, 0.3) is 5.69 Å². The minimum atomic E-state index is -0.475. The van der Waals surface area contributed by atoms with Gasteiger partial charge in [0.05, 0.1) is 10.3 Å². The van der Waals surface area contributed by atoms with Crippen LogP contribution in [0.5, 0.6) is 0 Å². The number of nitro groups is 1. The molecule has 0 bridgehead atoms. The Morgan fingerprint density at radius 2 is 1.73 bits per heavy atom. The van der Waals surface area contributed by atoms with Crippen LogP contribution < -0.4 is 0 Å². The van der Waals surface area contributed by atoms with Crippen LogP contribution in [0.15, 0.2) is 41.6 Å². The van der Waals surface area contributed by atoms with Crippen molar-refractivity contribution in [1.29, 1.82) is 0 Å². The van der Waals surface area contributed by atoms with E-state index in [0.29, 0.717) is 10.8 Å². The molecule has 0 aliphatic heterocycles. The van der Waals surface area contributed by atoms with Crippen LogP contribution in [0.1, 0.15) is 0 Å². The van der Waals surface area contributed by atoms with Crippen molar-refractivity contribution in [3.8, 4) is 0 Å². The van der Waals surface area contributed by atoms with Crippen molar-refractivity contribution in [2.45, 2.75) is 0 Å². The third-order valence-electron chi connectivity index (χ3n) is 2.17. The smallest absolute Gasteiger partial charge is 0.258 e. The number of fused-ring (bicyclic) bond motifs is 1. The van der Waals surface area contributed by atoms with E-state index in [4.69, 9.17) is 0 Å². The zero-order chi connectivity index (χ0) is 10.8. The predicted octanol–water partition coefficient (Wildman–Crippen LogP) is 3.15. The lowest BCUT2D eigenvalue weighted by atomic mass is 10.1. The van der Waals surface area contributed by atoms with Crippen LogP contribution in [0.2, 0.25) is 0 Å². The van der Waals surface area contributed by atoms with Crippen LogP contribution in [0, 0.1) is 15.0 Å². The normalized spacial score (nSPS) is 10.1. The van der Waals surface area contributed by atoms with Crippen LogP contribution in [-0.2, 0) is 0 Å². The zero-order valence-electron chi connectivity index (χ0n) is 7.58. The van der Waals surface area contributed by atoms with E-state index in [0.717, 1.165) is 0 Å². The quantitative estimate of drug-likeness (QED) is 0.426. The maximum Gasteiger partial charge on any atom is 0.277 e. The van der Waals surface area contributed by atoms with Crippen molar-refractivity contribution < 1.29 is 4.92 Å². The summed E-state index contributed by atoms with van der Waals surface area (Å²) in [7, 11) is 0. The van der Waals surface area contributed by atoms with E-state index >= 15 is 0 Å². The fourth-order valence-electron chi connectivity index (χ4n) is 1.51. The Hall–Kier alpha value is -2.30. The molecule has 0 fully saturated rings. The molecular weight excluding hydrogens is 196 g/mol. The van der Waals surface area contributed by atoms with Gasteiger partial charge in [0.2, 0.25) is 0 Å². The first-order valence-electron chi connectivity index (χ1n) is 4.23. The number of hydrogen-bond acceptors (Lipinski definition) is 4. The number of nitrogens with zero attached hydrogens (tertiary/aromatic N) is 2. The molecule has 0 aliphatic carbocycles. The van der Waals surface area contributed by atoms with Crippen LogP contribution >= 0.6 is 0 Å². The van der Waals surface area contributed by atoms with Crippen LogP contribution in [0.3, 0.4) is 0 Å². The minimum Gasteiger partial charge on any atom is -0.258 e. The minimum absolute atomic E-state index is 0.0157. The van der Waals surface area contributed by atoms with Gasteiger partial charge < -0.3 is 0 Å². The molecule has 2 rings (SSSR count). The lowest BCUT2D eigenvalue weighted by molar-refractivity contribution is -0.383. The molecule has 0 amide bonds. The number of non-ortho nitro benzene ring substituents is 1. The second kappa shape index (κ2) is 3.45. The number of nitroso groups, excluding NO2 is 1. The number of benzene rings is 2. The van der Waals surface area contributed by atoms with E-state index in [9.17, 15) is 15.0 Å². The summed E-state index contributed by atoms with van der Waals surface area (Å²) in [4.78, 5) is 20.7. The lowest BCUT2D eigenvalue weighted by Gasteiger charge is -2.00. The highest BCUT2D eigenvalue weighted by molar-refractivity contribution is 5.98. The summed E-state index contributed by atoms with van der Waals surface area (Å²) in [5.74, 6) is 0. The summed E-state index contributed by atoms with van der Waals surface area (Å²) < 4.78 is 0. The van der Waals surface area contributed by atoms with Crippen molar-refractivity contribution in [3.05, 3.63) is 51.4 Å². The fourth-order valence-corrected chi connectivity index (χ4v) is 1.51. The monoisotopic (exact) mass is 202 g/mol. The van der Waals surface area contributed by atoms with Crippen LogP contribution in [0.4, 0.5) is 11.4 Å². The molecule has 0 saturated heterocycles. The molecule has 0 radical (unpaired) electrons. The average Bonchev–Trinajstić information content (AvgIpc) is 2.27. The summed E-state index contributed by atoms with van der Waals surface area (Å²) in [6.45, 7) is 0. The molecular formula is C10H6N2O3. The van der Waals surface area contributed by atoms with Crippen LogP contribution in [-0.4, -0.2) is 4.92 Å². The van der Waals surface area contributed by atoms with Gasteiger partial charge in [-0.2, -0.15) is 0 Å². The van der Waals surface area contributed by atoms with Gasteiger partial charge in [0.15, 0.2) is 0 Å². The Labute approximate surface area is 84.5 Å². The summed E-state index contributed by atoms with van der Waals surface area (Å²) >= 11 is 0. The number of rotatable bonds is 2. The first kappa shape index (κ1) is 9.26. The molecule has 2 aromatic carbocycles. The molecule has 0 unspecified atom stereocenters. The van der Waals surface area contributed by atoms with E-state index in [1.54, 1.807) is 24.3 Å². The topological polar surface area (TPSA) is 72.6 Å². The summed E-state index contributed by atoms with van der Waals surface area (Å²) in [6.07, 6.45) is 0. The largest absolute Gasteiger partial charge is 0.277 e. The van der Waals surface area contributed by atoms with E-state index in [2.05, 4.69) is 5.18 Å². The molecule has 0 saturated carbocycles. The maximum atomic E-state index is 10.7. The third-order valence-corrected chi connectivity index (χ3v) is 2.17. The van der Waals surface area contributed by atoms with Crippen molar-refractivity contribution in [2.24, 2.45) is 5.18 Å². The first-order chi connectivity index (χ1) is 7.24. The lowest BCUT2D eigenvalue weighted by Crippen LogP contribution is -1.89. The molecule has 2 aromatic rings. The van der Waals surface area contributed by atoms with Gasteiger partial charge in [-0.3, -0.25) is 10.1 Å². The highest BCUT2D eigenvalue weighted by Gasteiger charge is 2.13. The summed E-state index contributed by atoms with van der Waals surface area (Å²) in [5, 5.41) is 14.5. The Kier molecular flexibility index (Phi) is 2.13. The third kappa shape index (κ3) is 1.43. The molecule has 5 nitrogen and oxygen atoms in total. The van der Waals surface area contributed by atoms with E-state index in [1.165, 1.54) is 12.1 Å². The Morgan fingerprint density at radius 3 is 2.33 bits per heavy atom. The van der Waals surface area contributed by atoms with Gasteiger partial charge in [0, 0.05) is 11.5 Å². The maximum absolute atomic E-state index is 10.7. The van der Waals surface area contributed by atoms with E-state index < -0.39 is 4.92 Å². The van der Waals surface area contributed by atoms with Gasteiger partial charge in [-0.1, -0.05) is 18.2 Å². The van der Waals surface area contributed by atoms with Gasteiger partial charge in [-0.15, -0.1) is 4.91 Å². The fraction of sp³-hybridized carbons (Fsp3) is 0. The Bertz CT molecular complexity index is 551. The highest BCUT2D eigenvalue weighted by atomic mass is 16.6. The predicted molar refractivity (Wildman–Crippen MR) is 56.1 cm³/mol. The molecule has 0 aliphatic rings. The summed E-state index contributed by atoms with van der Waals surface area (Å²) in [6, 6.07) is 9.28. The molecule has 0 atom stereocenters. The van der Waals surface area contributed by atoms with Gasteiger partial charge in [-0.25, -0.2) is 0 Å². The SMILES string of the molecule is O=Nc1ccc([N+](=O)[O-])c2ccccc12. The van der Waals surface area contributed by atoms with Gasteiger partial charge in [0.1, 0.15) is 5.69 Å². The summed E-state index contributed by atoms with van der Waals surface area (Å²) in [5.41, 5.74) is 0.203. The molecule has 0 aromatic heterocycles. The zero-order valence-corrected chi connectivity index (χ0v) is 7.58. The number of nitro benzene ring substituents is 1. The van der Waals surface area contributed by atoms with Crippen molar-refractivity contribution in [2.75, 3.05) is 0 Å². The molecule has 0 heterocycles. The highest BCUT2D eigenvalue weighted by Crippen LogP contribution is 2.32. The van der Waals surface area contributed by atoms with Crippen molar-refractivity contribution >= 4 is 22.1 Å².